The highest BCUT2D eigenvalue weighted by Crippen LogP contribution is 2.14. The molecule has 146 valence electrons. The molecule has 0 aromatic rings. The zero-order valence-corrected chi connectivity index (χ0v) is 16.8. The third-order valence-corrected chi connectivity index (χ3v) is 4.68. The number of ether oxygens (including phenoxy) is 1. The van der Waals surface area contributed by atoms with Crippen molar-refractivity contribution in [2.75, 3.05) is 0 Å². The Bertz CT molecular complexity index is 320. The Morgan fingerprint density at radius 1 is 0.720 bits per heavy atom. The summed E-state index contributed by atoms with van der Waals surface area (Å²) in [5.41, 5.74) is 0. The summed E-state index contributed by atoms with van der Waals surface area (Å²) in [7, 11) is 0. The van der Waals surface area contributed by atoms with Gasteiger partial charge in [-0.1, -0.05) is 116 Å². The van der Waals surface area contributed by atoms with E-state index in [4.69, 9.17) is 0 Å². The normalized spacial score (nSPS) is 11.1. The number of hydrogen-bond donors (Lipinski definition) is 0. The molecule has 0 atom stereocenters. The van der Waals surface area contributed by atoms with Gasteiger partial charge in [0.05, 0.1) is 6.26 Å². The standard InChI is InChI=1S/C23H42O2/c1-3-5-6-7-8-9-10-11-12-13-14-15-16-17-18-19-20-21-22-23(24)25-4-2/h4,21-22H,2-3,5-20H2,1H3. The highest BCUT2D eigenvalue weighted by atomic mass is 16.5. The number of unbranched alkanes of at least 4 members (excludes halogenated alkanes) is 16. The van der Waals surface area contributed by atoms with Crippen molar-refractivity contribution in [1.82, 2.24) is 0 Å². The van der Waals surface area contributed by atoms with Gasteiger partial charge >= 0.3 is 5.97 Å². The predicted octanol–water partition coefficient (Wildman–Crippen LogP) is 7.88. The summed E-state index contributed by atoms with van der Waals surface area (Å²) in [6, 6.07) is 0. The van der Waals surface area contributed by atoms with E-state index in [1.807, 2.05) is 6.08 Å². The van der Waals surface area contributed by atoms with Crippen molar-refractivity contribution in [3.63, 3.8) is 0 Å². The van der Waals surface area contributed by atoms with Crippen LogP contribution in [0.2, 0.25) is 0 Å². The number of carbonyl (C=O) groups is 1. The van der Waals surface area contributed by atoms with E-state index in [9.17, 15) is 4.79 Å². The van der Waals surface area contributed by atoms with Crippen LogP contribution in [-0.2, 0) is 9.53 Å². The first-order chi connectivity index (χ1) is 12.3. The highest BCUT2D eigenvalue weighted by Gasteiger charge is 1.95. The van der Waals surface area contributed by atoms with Crippen LogP contribution < -0.4 is 0 Å². The van der Waals surface area contributed by atoms with Crippen LogP contribution in [0.5, 0.6) is 0 Å². The van der Waals surface area contributed by atoms with Gasteiger partial charge < -0.3 is 4.74 Å². The quantitative estimate of drug-likeness (QED) is 0.102. The molecule has 0 N–H and O–H groups in total. The first-order valence-electron chi connectivity index (χ1n) is 10.8. The highest BCUT2D eigenvalue weighted by molar-refractivity contribution is 5.82. The molecule has 0 spiro atoms. The van der Waals surface area contributed by atoms with E-state index in [2.05, 4.69) is 18.2 Å². The van der Waals surface area contributed by atoms with Crippen LogP contribution in [0.25, 0.3) is 0 Å². The lowest BCUT2D eigenvalue weighted by Gasteiger charge is -2.03. The minimum Gasteiger partial charge on any atom is -0.432 e. The molecule has 0 rings (SSSR count). The van der Waals surface area contributed by atoms with Gasteiger partial charge in [-0.2, -0.15) is 0 Å². The summed E-state index contributed by atoms with van der Waals surface area (Å²) in [5.74, 6) is -0.327. The van der Waals surface area contributed by atoms with Gasteiger partial charge in [0, 0.05) is 6.08 Å². The fourth-order valence-electron chi connectivity index (χ4n) is 3.11. The molecule has 0 amide bonds. The summed E-state index contributed by atoms with van der Waals surface area (Å²) in [5, 5.41) is 0. The second kappa shape index (κ2) is 21.0. The molecule has 0 heterocycles. The molecular formula is C23H42O2. The average Bonchev–Trinajstić information content (AvgIpc) is 2.61. The number of rotatable bonds is 19. The molecule has 0 aliphatic rings. The second-order valence-corrected chi connectivity index (χ2v) is 7.10. The van der Waals surface area contributed by atoms with Crippen LogP contribution in [0.15, 0.2) is 25.0 Å². The van der Waals surface area contributed by atoms with E-state index in [0.29, 0.717) is 0 Å². The van der Waals surface area contributed by atoms with E-state index in [0.717, 1.165) is 12.8 Å². The van der Waals surface area contributed by atoms with Crippen LogP contribution in [0, 0.1) is 0 Å². The van der Waals surface area contributed by atoms with Crippen molar-refractivity contribution < 1.29 is 9.53 Å². The van der Waals surface area contributed by atoms with Crippen molar-refractivity contribution in [2.24, 2.45) is 0 Å². The zero-order valence-electron chi connectivity index (χ0n) is 16.8. The van der Waals surface area contributed by atoms with Gasteiger partial charge in [-0.05, 0) is 12.8 Å². The van der Waals surface area contributed by atoms with Crippen molar-refractivity contribution in [3.8, 4) is 0 Å². The Hall–Kier alpha value is -1.05. The maximum absolute atomic E-state index is 11.0. The third-order valence-electron chi connectivity index (χ3n) is 4.68. The van der Waals surface area contributed by atoms with Crippen molar-refractivity contribution >= 4 is 5.97 Å². The molecule has 0 bridgehead atoms. The molecule has 0 unspecified atom stereocenters. The summed E-state index contributed by atoms with van der Waals surface area (Å²) < 4.78 is 4.61. The fourth-order valence-corrected chi connectivity index (χ4v) is 3.11. The second-order valence-electron chi connectivity index (χ2n) is 7.10. The Morgan fingerprint density at radius 3 is 1.52 bits per heavy atom. The van der Waals surface area contributed by atoms with Gasteiger partial charge in [-0.3, -0.25) is 0 Å². The summed E-state index contributed by atoms with van der Waals surface area (Å²) >= 11 is 0. The van der Waals surface area contributed by atoms with Gasteiger partial charge in [0.15, 0.2) is 0 Å². The predicted molar refractivity (Wildman–Crippen MR) is 110 cm³/mol. The lowest BCUT2D eigenvalue weighted by atomic mass is 10.0. The Labute approximate surface area is 157 Å². The largest absolute Gasteiger partial charge is 0.432 e. The maximum Gasteiger partial charge on any atom is 0.335 e. The smallest absolute Gasteiger partial charge is 0.335 e. The van der Waals surface area contributed by atoms with Crippen LogP contribution in [0.1, 0.15) is 116 Å². The third kappa shape index (κ3) is 20.9. The van der Waals surface area contributed by atoms with Crippen LogP contribution >= 0.6 is 0 Å². The molecule has 0 aromatic heterocycles. The van der Waals surface area contributed by atoms with Crippen LogP contribution in [0.4, 0.5) is 0 Å². The molecular weight excluding hydrogens is 308 g/mol. The van der Waals surface area contributed by atoms with Gasteiger partial charge in [0.2, 0.25) is 0 Å². The van der Waals surface area contributed by atoms with Gasteiger partial charge in [-0.15, -0.1) is 0 Å². The average molecular weight is 351 g/mol. The van der Waals surface area contributed by atoms with Crippen molar-refractivity contribution in [2.45, 2.75) is 116 Å². The van der Waals surface area contributed by atoms with Gasteiger partial charge in [0.25, 0.3) is 0 Å². The molecule has 0 fully saturated rings. The molecule has 25 heavy (non-hydrogen) atoms. The number of esters is 1. The molecule has 2 nitrogen and oxygen atoms in total. The molecule has 0 aromatic carbocycles. The van der Waals surface area contributed by atoms with Gasteiger partial charge in [0.1, 0.15) is 0 Å². The van der Waals surface area contributed by atoms with Crippen molar-refractivity contribution in [3.05, 3.63) is 25.0 Å². The summed E-state index contributed by atoms with van der Waals surface area (Å²) in [6.07, 6.45) is 27.7. The van der Waals surface area contributed by atoms with Gasteiger partial charge in [-0.25, -0.2) is 4.79 Å². The summed E-state index contributed by atoms with van der Waals surface area (Å²) in [6.45, 7) is 5.63. The Kier molecular flexibility index (Phi) is 20.1. The SMILES string of the molecule is C=COC(=O)C=CCCCCCCCCCCCCCCCCCC. The minimum atomic E-state index is -0.327. The number of carbonyl (C=O) groups excluding carboxylic acids is 1. The number of allylic oxidation sites excluding steroid dienone is 1. The Morgan fingerprint density at radius 2 is 1.12 bits per heavy atom. The van der Waals surface area contributed by atoms with E-state index >= 15 is 0 Å². The zero-order chi connectivity index (χ0) is 18.4. The number of hydrogen-bond acceptors (Lipinski definition) is 2. The lowest BCUT2D eigenvalue weighted by molar-refractivity contribution is -0.132. The monoisotopic (exact) mass is 350 g/mol. The molecule has 0 aliphatic heterocycles. The van der Waals surface area contributed by atoms with Crippen molar-refractivity contribution in [1.29, 1.82) is 0 Å². The minimum absolute atomic E-state index is 0.327. The fraction of sp³-hybridized carbons (Fsp3) is 0.783. The van der Waals surface area contributed by atoms with Crippen LogP contribution in [0.3, 0.4) is 0 Å². The molecule has 0 saturated carbocycles. The summed E-state index contributed by atoms with van der Waals surface area (Å²) in [4.78, 5) is 11.0. The van der Waals surface area contributed by atoms with Crippen LogP contribution in [-0.4, -0.2) is 5.97 Å². The Balaban J connectivity index is 3.09. The van der Waals surface area contributed by atoms with E-state index in [-0.39, 0.29) is 5.97 Å². The molecule has 0 aliphatic carbocycles. The molecule has 2 heteroatoms. The van der Waals surface area contributed by atoms with E-state index in [1.54, 1.807) is 0 Å². The first-order valence-corrected chi connectivity index (χ1v) is 10.8. The topological polar surface area (TPSA) is 26.3 Å². The molecule has 0 radical (unpaired) electrons. The molecule has 0 saturated heterocycles. The lowest BCUT2D eigenvalue weighted by Crippen LogP contribution is -1.92. The maximum atomic E-state index is 11.0. The van der Waals surface area contributed by atoms with E-state index < -0.39 is 0 Å². The first kappa shape index (κ1) is 23.9. The van der Waals surface area contributed by atoms with E-state index in [1.165, 1.54) is 109 Å².